The fraction of sp³-hybridized carbons (Fsp3) is 0.345. The van der Waals surface area contributed by atoms with Gasteiger partial charge in [-0.3, -0.25) is 4.79 Å². The van der Waals surface area contributed by atoms with Crippen molar-refractivity contribution in [2.75, 3.05) is 7.11 Å². The van der Waals surface area contributed by atoms with Gasteiger partial charge in [-0.1, -0.05) is 17.7 Å². The molecule has 0 bridgehead atoms. The molecule has 2 aromatic carbocycles. The van der Waals surface area contributed by atoms with Crippen molar-refractivity contribution in [1.29, 1.82) is 0 Å². The lowest BCUT2D eigenvalue weighted by atomic mass is 10.0. The molecule has 0 spiro atoms. The first-order valence-electron chi connectivity index (χ1n) is 11.6. The van der Waals surface area contributed by atoms with Crippen molar-refractivity contribution < 1.29 is 23.8 Å². The molecule has 1 aromatic heterocycles. The first-order valence-corrected chi connectivity index (χ1v) is 12.0. The lowest BCUT2D eigenvalue weighted by molar-refractivity contribution is -0.171. The molecule has 0 saturated heterocycles. The molecule has 0 N–H and O–H groups in total. The zero-order chi connectivity index (χ0) is 26.8. The Morgan fingerprint density at radius 3 is 2.19 bits per heavy atom. The van der Waals surface area contributed by atoms with Crippen molar-refractivity contribution in [3.63, 3.8) is 0 Å². The molecule has 0 unspecified atom stereocenters. The summed E-state index contributed by atoms with van der Waals surface area (Å²) in [7, 11) is 1.58. The number of allylic oxidation sites excluding steroid dienone is 1. The van der Waals surface area contributed by atoms with Crippen LogP contribution >= 0.6 is 11.6 Å². The average Bonchev–Trinajstić information content (AvgIpc) is 2.78. The standard InChI is InChI=1S/C29H32ClNO5/c1-17-13-19(14-18(2)25(17)35-29(6,7)27(33)36-28(3,4)5)9-12-24(32)22-16-20-15-21(34-8)10-11-23(20)31-26(22)30/h9-16H,1-8H3/b12-9+. The number of pyridine rings is 1. The summed E-state index contributed by atoms with van der Waals surface area (Å²) in [4.78, 5) is 29.9. The van der Waals surface area contributed by atoms with Crippen LogP contribution < -0.4 is 9.47 Å². The molecule has 0 aliphatic heterocycles. The van der Waals surface area contributed by atoms with Crippen LogP contribution in [-0.4, -0.2) is 35.0 Å². The number of rotatable bonds is 7. The summed E-state index contributed by atoms with van der Waals surface area (Å²) in [6.07, 6.45) is 3.19. The minimum atomic E-state index is -1.17. The predicted octanol–water partition coefficient (Wildman–Crippen LogP) is 6.91. The third-order valence-corrected chi connectivity index (χ3v) is 5.69. The van der Waals surface area contributed by atoms with Gasteiger partial charge in [0.25, 0.3) is 0 Å². The van der Waals surface area contributed by atoms with Crippen LogP contribution in [0.5, 0.6) is 11.5 Å². The highest BCUT2D eigenvalue weighted by Gasteiger charge is 2.35. The number of esters is 1. The Morgan fingerprint density at radius 2 is 1.61 bits per heavy atom. The number of ether oxygens (including phenoxy) is 3. The zero-order valence-electron chi connectivity index (χ0n) is 22.0. The van der Waals surface area contributed by atoms with Crippen LogP contribution in [0.15, 0.2) is 42.5 Å². The van der Waals surface area contributed by atoms with Gasteiger partial charge in [0.15, 0.2) is 11.4 Å². The van der Waals surface area contributed by atoms with Gasteiger partial charge in [-0.25, -0.2) is 9.78 Å². The van der Waals surface area contributed by atoms with Crippen molar-refractivity contribution in [1.82, 2.24) is 4.98 Å². The molecule has 190 valence electrons. The Labute approximate surface area is 217 Å². The van der Waals surface area contributed by atoms with Crippen LogP contribution in [0, 0.1) is 13.8 Å². The second-order valence-corrected chi connectivity index (χ2v) is 10.5. The summed E-state index contributed by atoms with van der Waals surface area (Å²) in [6.45, 7) is 12.6. The highest BCUT2D eigenvalue weighted by Crippen LogP contribution is 2.31. The minimum absolute atomic E-state index is 0.141. The first kappa shape index (κ1) is 27.2. The summed E-state index contributed by atoms with van der Waals surface area (Å²) in [6, 6.07) is 10.9. The molecular formula is C29H32ClNO5. The summed E-state index contributed by atoms with van der Waals surface area (Å²) in [5.74, 6) is 0.564. The number of halogens is 1. The zero-order valence-corrected chi connectivity index (χ0v) is 22.7. The van der Waals surface area contributed by atoms with Crippen molar-refractivity contribution in [3.05, 3.63) is 69.9 Å². The number of benzene rings is 2. The molecule has 3 rings (SSSR count). The SMILES string of the molecule is COc1ccc2nc(Cl)c(C(=O)/C=C/c3cc(C)c(OC(C)(C)C(=O)OC(C)(C)C)c(C)c3)cc2c1. The highest BCUT2D eigenvalue weighted by atomic mass is 35.5. The number of carbonyl (C=O) groups is 2. The molecule has 0 fully saturated rings. The van der Waals surface area contributed by atoms with Gasteiger partial charge < -0.3 is 14.2 Å². The van der Waals surface area contributed by atoms with E-state index in [-0.39, 0.29) is 10.9 Å². The van der Waals surface area contributed by atoms with Gasteiger partial charge in [0.05, 0.1) is 18.2 Å². The lowest BCUT2D eigenvalue weighted by Gasteiger charge is -2.30. The molecule has 6 nitrogen and oxygen atoms in total. The maximum absolute atomic E-state index is 12.9. The topological polar surface area (TPSA) is 74.7 Å². The number of aromatic nitrogens is 1. The molecule has 7 heteroatoms. The maximum atomic E-state index is 12.9. The minimum Gasteiger partial charge on any atom is -0.497 e. The number of ketones is 1. The van der Waals surface area contributed by atoms with Crippen LogP contribution in [0.4, 0.5) is 0 Å². The van der Waals surface area contributed by atoms with Gasteiger partial charge in [0, 0.05) is 5.39 Å². The summed E-state index contributed by atoms with van der Waals surface area (Å²) in [5, 5.41) is 0.902. The van der Waals surface area contributed by atoms with Crippen LogP contribution in [0.3, 0.4) is 0 Å². The number of fused-ring (bicyclic) bond motifs is 1. The van der Waals surface area contributed by atoms with Crippen molar-refractivity contribution in [2.24, 2.45) is 0 Å². The number of aryl methyl sites for hydroxylation is 2. The van der Waals surface area contributed by atoms with Crippen LogP contribution in [0.1, 0.15) is 61.7 Å². The van der Waals surface area contributed by atoms with Gasteiger partial charge in [-0.2, -0.15) is 0 Å². The third kappa shape index (κ3) is 6.43. The van der Waals surface area contributed by atoms with Crippen LogP contribution in [-0.2, 0) is 9.53 Å². The molecule has 3 aromatic rings. The Hall–Kier alpha value is -3.38. The molecule has 0 aliphatic carbocycles. The number of nitrogens with zero attached hydrogens (tertiary/aromatic N) is 1. The van der Waals surface area contributed by atoms with E-state index in [1.165, 1.54) is 6.08 Å². The molecule has 0 aliphatic rings. The second-order valence-electron chi connectivity index (χ2n) is 10.2. The van der Waals surface area contributed by atoms with E-state index in [4.69, 9.17) is 25.8 Å². The van der Waals surface area contributed by atoms with Gasteiger partial charge >= 0.3 is 5.97 Å². The first-order chi connectivity index (χ1) is 16.7. The molecule has 0 saturated carbocycles. The Bertz CT molecular complexity index is 1330. The Kier molecular flexibility index (Phi) is 7.79. The smallest absolute Gasteiger partial charge is 0.350 e. The van der Waals surface area contributed by atoms with E-state index in [9.17, 15) is 9.59 Å². The fourth-order valence-electron chi connectivity index (χ4n) is 3.63. The molecule has 36 heavy (non-hydrogen) atoms. The van der Waals surface area contributed by atoms with E-state index in [1.54, 1.807) is 45.2 Å². The van der Waals surface area contributed by atoms with Crippen LogP contribution in [0.25, 0.3) is 17.0 Å². The maximum Gasteiger partial charge on any atom is 0.350 e. The number of hydrogen-bond donors (Lipinski definition) is 0. The summed E-state index contributed by atoms with van der Waals surface area (Å²) < 4.78 is 16.9. The predicted molar refractivity (Wildman–Crippen MR) is 143 cm³/mol. The van der Waals surface area contributed by atoms with Crippen molar-refractivity contribution in [3.8, 4) is 11.5 Å². The third-order valence-electron chi connectivity index (χ3n) is 5.40. The van der Waals surface area contributed by atoms with Gasteiger partial charge in [-0.15, -0.1) is 0 Å². The Balaban J connectivity index is 1.83. The quantitative estimate of drug-likeness (QED) is 0.149. The van der Waals surface area contributed by atoms with E-state index in [0.29, 0.717) is 22.6 Å². The average molecular weight is 510 g/mol. The van der Waals surface area contributed by atoms with Crippen molar-refractivity contribution in [2.45, 2.75) is 59.7 Å². The van der Waals surface area contributed by atoms with E-state index < -0.39 is 17.2 Å². The van der Waals surface area contributed by atoms with E-state index in [0.717, 1.165) is 22.1 Å². The summed E-state index contributed by atoms with van der Waals surface area (Å²) in [5.41, 5.74) is 1.68. The molecular weight excluding hydrogens is 478 g/mol. The normalized spacial score (nSPS) is 12.1. The number of methoxy groups -OCH3 is 1. The fourth-order valence-corrected chi connectivity index (χ4v) is 3.87. The van der Waals surface area contributed by atoms with Gasteiger partial charge in [0.1, 0.15) is 22.3 Å². The lowest BCUT2D eigenvalue weighted by Crippen LogP contribution is -2.43. The monoisotopic (exact) mass is 509 g/mol. The second kappa shape index (κ2) is 10.3. The number of carbonyl (C=O) groups excluding carboxylic acids is 2. The highest BCUT2D eigenvalue weighted by molar-refractivity contribution is 6.34. The number of hydrogen-bond acceptors (Lipinski definition) is 6. The van der Waals surface area contributed by atoms with Gasteiger partial charge in [-0.05, 0) is 108 Å². The van der Waals surface area contributed by atoms with Crippen LogP contribution in [0.2, 0.25) is 5.15 Å². The summed E-state index contributed by atoms with van der Waals surface area (Å²) >= 11 is 6.30. The van der Waals surface area contributed by atoms with E-state index in [1.807, 2.05) is 52.8 Å². The van der Waals surface area contributed by atoms with E-state index >= 15 is 0 Å². The van der Waals surface area contributed by atoms with Gasteiger partial charge in [0.2, 0.25) is 0 Å². The van der Waals surface area contributed by atoms with E-state index in [2.05, 4.69) is 4.98 Å². The Morgan fingerprint density at radius 1 is 0.972 bits per heavy atom. The largest absolute Gasteiger partial charge is 0.497 e. The molecule has 1 heterocycles. The molecule has 0 atom stereocenters. The molecule has 0 amide bonds. The molecule has 0 radical (unpaired) electrons. The van der Waals surface area contributed by atoms with Crippen molar-refractivity contribution >= 4 is 40.3 Å².